The summed E-state index contributed by atoms with van der Waals surface area (Å²) in [6, 6.07) is 8.09. The minimum Gasteiger partial charge on any atom is -0.468 e. The Morgan fingerprint density at radius 3 is 2.92 bits per heavy atom. The quantitative estimate of drug-likeness (QED) is 0.621. The molecule has 3 aliphatic rings. The number of nitrogens with one attached hydrogen (secondary N) is 1. The van der Waals surface area contributed by atoms with Crippen LogP contribution in [0.15, 0.2) is 24.3 Å². The fourth-order valence-electron chi connectivity index (χ4n) is 5.38. The van der Waals surface area contributed by atoms with E-state index in [1.54, 1.807) is 0 Å². The number of ether oxygens (including phenoxy) is 1. The largest absolute Gasteiger partial charge is 0.468 e. The number of esters is 1. The van der Waals surface area contributed by atoms with E-state index >= 15 is 0 Å². The average molecular weight is 352 g/mol. The van der Waals surface area contributed by atoms with Crippen molar-refractivity contribution in [2.45, 2.75) is 31.2 Å². The average Bonchev–Trinajstić information content (AvgIpc) is 2.89. The first-order valence-corrected chi connectivity index (χ1v) is 9.09. The van der Waals surface area contributed by atoms with E-state index in [9.17, 15) is 14.4 Å². The number of fused-ring (bicyclic) bond motifs is 4. The molecule has 6 nitrogen and oxygen atoms in total. The van der Waals surface area contributed by atoms with E-state index in [-0.39, 0.29) is 17.6 Å². The SMILES string of the molecule is COC(=O)[C@@H]1C[C@H]2Cn3c4c(c5ccccc53)CCNC(=O)[C@@]4(C2)C1=O. The molecule has 1 aromatic heterocycles. The number of hydrogen-bond donors (Lipinski definition) is 1. The Bertz CT molecular complexity index is 961. The summed E-state index contributed by atoms with van der Waals surface area (Å²) >= 11 is 0. The van der Waals surface area contributed by atoms with Crippen LogP contribution in [0.1, 0.15) is 24.1 Å². The van der Waals surface area contributed by atoms with Crippen molar-refractivity contribution in [1.82, 2.24) is 9.88 Å². The standard InChI is InChI=1S/C20H20N2O4/c1-26-18(24)14-8-11-9-20(17(14)23)16-13(6-7-21-19(20)25)12-4-2-3-5-15(12)22(16)10-11/h2-5,11,14H,6-10H2,1H3,(H,21,25)/t11-,14-,20-/m1/s1. The molecule has 0 radical (unpaired) electrons. The van der Waals surface area contributed by atoms with Crippen LogP contribution in [0.25, 0.3) is 10.9 Å². The van der Waals surface area contributed by atoms with Gasteiger partial charge in [-0.25, -0.2) is 0 Å². The summed E-state index contributed by atoms with van der Waals surface area (Å²) in [4.78, 5) is 38.9. The first-order chi connectivity index (χ1) is 12.6. The van der Waals surface area contributed by atoms with Gasteiger partial charge in [0.1, 0.15) is 11.3 Å². The van der Waals surface area contributed by atoms with E-state index < -0.39 is 17.3 Å². The monoisotopic (exact) mass is 352 g/mol. The fraction of sp³-hybridized carbons (Fsp3) is 0.450. The number of ketones is 1. The molecule has 6 heteroatoms. The first kappa shape index (κ1) is 15.6. The zero-order valence-electron chi connectivity index (χ0n) is 14.6. The van der Waals surface area contributed by atoms with Gasteiger partial charge in [-0.2, -0.15) is 0 Å². The van der Waals surface area contributed by atoms with E-state index in [1.165, 1.54) is 7.11 Å². The molecule has 1 saturated carbocycles. The Morgan fingerprint density at radius 2 is 2.12 bits per heavy atom. The van der Waals surface area contributed by atoms with E-state index in [0.717, 1.165) is 28.7 Å². The zero-order chi connectivity index (χ0) is 18.1. The lowest BCUT2D eigenvalue weighted by Gasteiger charge is -2.45. The normalized spacial score (nSPS) is 29.7. The molecule has 134 valence electrons. The van der Waals surface area contributed by atoms with Crippen molar-refractivity contribution in [3.8, 4) is 0 Å². The number of carbonyl (C=O) groups is 3. The predicted octanol–water partition coefficient (Wildman–Crippen LogP) is 1.33. The van der Waals surface area contributed by atoms with Crippen molar-refractivity contribution in [3.63, 3.8) is 0 Å². The minimum atomic E-state index is -1.27. The Kier molecular flexibility index (Phi) is 3.12. The van der Waals surface area contributed by atoms with Crippen molar-refractivity contribution in [2.24, 2.45) is 11.8 Å². The molecule has 0 unspecified atom stereocenters. The highest BCUT2D eigenvalue weighted by Gasteiger charge is 2.61. The number of benzene rings is 1. The number of para-hydroxylation sites is 1. The van der Waals surface area contributed by atoms with Crippen LogP contribution in [0.5, 0.6) is 0 Å². The van der Waals surface area contributed by atoms with Crippen molar-refractivity contribution < 1.29 is 19.1 Å². The van der Waals surface area contributed by atoms with Gasteiger partial charge in [-0.05, 0) is 36.8 Å². The number of hydrogen-bond acceptors (Lipinski definition) is 4. The Labute approximate surface area is 150 Å². The second kappa shape index (κ2) is 5.19. The third-order valence-corrected chi connectivity index (χ3v) is 6.36. The van der Waals surface area contributed by atoms with Gasteiger partial charge in [0.15, 0.2) is 5.78 Å². The molecule has 2 bridgehead atoms. The maximum Gasteiger partial charge on any atom is 0.316 e. The van der Waals surface area contributed by atoms with Crippen LogP contribution in [0.2, 0.25) is 0 Å². The topological polar surface area (TPSA) is 77.4 Å². The Morgan fingerprint density at radius 1 is 1.31 bits per heavy atom. The van der Waals surface area contributed by atoms with Crippen LogP contribution < -0.4 is 5.32 Å². The van der Waals surface area contributed by atoms with Crippen molar-refractivity contribution in [1.29, 1.82) is 0 Å². The first-order valence-electron chi connectivity index (χ1n) is 9.09. The zero-order valence-corrected chi connectivity index (χ0v) is 14.6. The second-order valence-electron chi connectivity index (χ2n) is 7.61. The highest BCUT2D eigenvalue weighted by Crippen LogP contribution is 2.51. The van der Waals surface area contributed by atoms with Crippen LogP contribution in [-0.4, -0.2) is 35.9 Å². The molecule has 1 fully saturated rings. The summed E-state index contributed by atoms with van der Waals surface area (Å²) in [5.74, 6) is -1.85. The number of Topliss-reactive ketones (excluding diaryl/α,β-unsaturated/α-hetero) is 1. The van der Waals surface area contributed by atoms with Gasteiger partial charge in [0, 0.05) is 29.7 Å². The van der Waals surface area contributed by atoms with Gasteiger partial charge < -0.3 is 14.6 Å². The van der Waals surface area contributed by atoms with Gasteiger partial charge in [-0.3, -0.25) is 14.4 Å². The maximum absolute atomic E-state index is 13.5. The molecule has 3 atom stereocenters. The summed E-state index contributed by atoms with van der Waals surface area (Å²) in [5, 5.41) is 4.04. The van der Waals surface area contributed by atoms with Crippen molar-refractivity contribution in [3.05, 3.63) is 35.5 Å². The molecule has 1 aliphatic carbocycles. The van der Waals surface area contributed by atoms with E-state index in [2.05, 4.69) is 22.0 Å². The number of rotatable bonds is 1. The molecule has 1 N–H and O–H groups in total. The van der Waals surface area contributed by atoms with Crippen LogP contribution in [0.4, 0.5) is 0 Å². The van der Waals surface area contributed by atoms with Crippen molar-refractivity contribution in [2.75, 3.05) is 13.7 Å². The van der Waals surface area contributed by atoms with Gasteiger partial charge in [-0.1, -0.05) is 18.2 Å². The maximum atomic E-state index is 13.5. The van der Waals surface area contributed by atoms with Gasteiger partial charge in [-0.15, -0.1) is 0 Å². The van der Waals surface area contributed by atoms with Crippen LogP contribution in [-0.2, 0) is 37.5 Å². The van der Waals surface area contributed by atoms with Crippen LogP contribution >= 0.6 is 0 Å². The van der Waals surface area contributed by atoms with E-state index in [4.69, 9.17) is 4.74 Å². The summed E-state index contributed by atoms with van der Waals surface area (Å²) in [6.07, 6.45) is 1.62. The molecule has 26 heavy (non-hydrogen) atoms. The molecule has 1 amide bonds. The summed E-state index contributed by atoms with van der Waals surface area (Å²) in [7, 11) is 1.30. The third kappa shape index (κ3) is 1.74. The van der Waals surface area contributed by atoms with Gasteiger partial charge in [0.25, 0.3) is 0 Å². The number of nitrogens with zero attached hydrogens (tertiary/aromatic N) is 1. The van der Waals surface area contributed by atoms with E-state index in [1.807, 2.05) is 12.1 Å². The highest BCUT2D eigenvalue weighted by molar-refractivity contribution is 6.19. The minimum absolute atomic E-state index is 0.0943. The smallest absolute Gasteiger partial charge is 0.316 e. The highest BCUT2D eigenvalue weighted by atomic mass is 16.5. The van der Waals surface area contributed by atoms with Crippen LogP contribution in [0, 0.1) is 11.8 Å². The number of carbonyl (C=O) groups excluding carboxylic acids is 3. The molecule has 2 aromatic rings. The molecule has 2 aliphatic heterocycles. The molecular weight excluding hydrogens is 332 g/mol. The number of aromatic nitrogens is 1. The van der Waals surface area contributed by atoms with Gasteiger partial charge in [0.05, 0.1) is 7.11 Å². The third-order valence-electron chi connectivity index (χ3n) is 6.36. The number of amides is 1. The molecule has 0 saturated heterocycles. The van der Waals surface area contributed by atoms with Crippen molar-refractivity contribution >= 4 is 28.6 Å². The molecule has 1 aromatic carbocycles. The summed E-state index contributed by atoms with van der Waals surface area (Å²) < 4.78 is 7.04. The van der Waals surface area contributed by atoms with E-state index in [0.29, 0.717) is 25.8 Å². The summed E-state index contributed by atoms with van der Waals surface area (Å²) in [5.41, 5.74) is 1.68. The summed E-state index contributed by atoms with van der Waals surface area (Å²) in [6.45, 7) is 1.23. The van der Waals surface area contributed by atoms with Gasteiger partial charge >= 0.3 is 5.97 Å². The van der Waals surface area contributed by atoms with Gasteiger partial charge in [0.2, 0.25) is 5.91 Å². The molecule has 3 heterocycles. The molecular formula is C20H20N2O4. The Hall–Kier alpha value is -2.63. The lowest BCUT2D eigenvalue weighted by molar-refractivity contribution is -0.157. The molecule has 5 rings (SSSR count). The lowest BCUT2D eigenvalue weighted by atomic mass is 9.60. The second-order valence-corrected chi connectivity index (χ2v) is 7.61. The molecule has 1 spiro atoms. The number of methoxy groups -OCH3 is 1. The van der Waals surface area contributed by atoms with Crippen LogP contribution in [0.3, 0.4) is 0 Å². The lowest BCUT2D eigenvalue weighted by Crippen LogP contribution is -2.60. The Balaban J connectivity index is 1.84. The fourth-order valence-corrected chi connectivity index (χ4v) is 5.38. The predicted molar refractivity (Wildman–Crippen MR) is 93.6 cm³/mol.